The third-order valence-electron chi connectivity index (χ3n) is 3.79. The minimum absolute atomic E-state index is 0.0605. The minimum Gasteiger partial charge on any atom is -0.456 e. The molecule has 0 aliphatic heterocycles. The number of hydrogen-bond acceptors (Lipinski definition) is 3. The van der Waals surface area contributed by atoms with E-state index >= 15 is 0 Å². The predicted octanol–water partition coefficient (Wildman–Crippen LogP) is 4.40. The lowest BCUT2D eigenvalue weighted by Crippen LogP contribution is -2.01. The van der Waals surface area contributed by atoms with Crippen LogP contribution in [0.15, 0.2) is 71.1 Å². The summed E-state index contributed by atoms with van der Waals surface area (Å²) in [6.45, 7) is 0. The molecule has 0 aliphatic carbocycles. The molecule has 2 N–H and O–H groups in total. The summed E-state index contributed by atoms with van der Waals surface area (Å²) in [4.78, 5) is 12.6. The Bertz CT molecular complexity index is 1010. The molecule has 0 saturated carbocycles. The number of furan rings is 1. The third-order valence-corrected chi connectivity index (χ3v) is 3.79. The number of ketones is 1. The van der Waals surface area contributed by atoms with Crippen molar-refractivity contribution in [1.29, 1.82) is 0 Å². The molecule has 3 aromatic carbocycles. The van der Waals surface area contributed by atoms with Gasteiger partial charge in [0.25, 0.3) is 0 Å². The van der Waals surface area contributed by atoms with E-state index in [9.17, 15) is 4.79 Å². The standard InChI is InChI=1S/C19H13NO2/c20-14-5-3-4-12(10-14)19(21)13-8-9-16-15-6-1-2-7-17(15)22-18(16)11-13/h1-11H,20H2. The van der Waals surface area contributed by atoms with Gasteiger partial charge in [0.05, 0.1) is 0 Å². The van der Waals surface area contributed by atoms with E-state index in [1.807, 2.05) is 36.4 Å². The van der Waals surface area contributed by atoms with Gasteiger partial charge in [-0.15, -0.1) is 0 Å². The Morgan fingerprint density at radius 2 is 1.55 bits per heavy atom. The molecule has 3 heteroatoms. The number of nitrogen functional groups attached to an aromatic ring is 1. The Morgan fingerprint density at radius 1 is 0.773 bits per heavy atom. The maximum Gasteiger partial charge on any atom is 0.193 e. The first kappa shape index (κ1) is 12.7. The van der Waals surface area contributed by atoms with E-state index < -0.39 is 0 Å². The van der Waals surface area contributed by atoms with Crippen LogP contribution in [0.2, 0.25) is 0 Å². The maximum atomic E-state index is 12.6. The van der Waals surface area contributed by atoms with Gasteiger partial charge in [-0.1, -0.05) is 36.4 Å². The van der Waals surface area contributed by atoms with Crippen molar-refractivity contribution in [1.82, 2.24) is 0 Å². The number of fused-ring (bicyclic) bond motifs is 3. The molecule has 0 spiro atoms. The zero-order chi connectivity index (χ0) is 15.1. The quantitative estimate of drug-likeness (QED) is 0.439. The highest BCUT2D eigenvalue weighted by Crippen LogP contribution is 2.29. The molecule has 0 amide bonds. The Balaban J connectivity index is 1.85. The van der Waals surface area contributed by atoms with Gasteiger partial charge >= 0.3 is 0 Å². The average molecular weight is 287 g/mol. The molecule has 1 aromatic heterocycles. The fraction of sp³-hybridized carbons (Fsp3) is 0. The van der Waals surface area contributed by atoms with Crippen LogP contribution < -0.4 is 5.73 Å². The van der Waals surface area contributed by atoms with Gasteiger partial charge in [0, 0.05) is 27.6 Å². The SMILES string of the molecule is Nc1cccc(C(=O)c2ccc3c(c2)oc2ccccc23)c1. The molecule has 4 rings (SSSR count). The molecule has 0 aliphatic rings. The van der Waals surface area contributed by atoms with Crippen LogP contribution in [0.4, 0.5) is 5.69 Å². The monoisotopic (exact) mass is 287 g/mol. The first-order chi connectivity index (χ1) is 10.7. The molecule has 0 atom stereocenters. The predicted molar refractivity (Wildman–Crippen MR) is 88.0 cm³/mol. The molecular formula is C19H13NO2. The van der Waals surface area contributed by atoms with Crippen molar-refractivity contribution in [3.63, 3.8) is 0 Å². The lowest BCUT2D eigenvalue weighted by Gasteiger charge is -2.02. The van der Waals surface area contributed by atoms with Gasteiger partial charge in [0.15, 0.2) is 5.78 Å². The number of rotatable bonds is 2. The van der Waals surface area contributed by atoms with Gasteiger partial charge in [-0.25, -0.2) is 0 Å². The van der Waals surface area contributed by atoms with E-state index in [0.29, 0.717) is 16.8 Å². The molecule has 4 aromatic rings. The highest BCUT2D eigenvalue weighted by Gasteiger charge is 2.13. The normalized spacial score (nSPS) is 11.1. The van der Waals surface area contributed by atoms with Crippen LogP contribution in [0.25, 0.3) is 21.9 Å². The number of carbonyl (C=O) groups is 1. The second-order valence-electron chi connectivity index (χ2n) is 5.26. The molecule has 0 saturated heterocycles. The average Bonchev–Trinajstić information content (AvgIpc) is 2.91. The smallest absolute Gasteiger partial charge is 0.193 e. The van der Waals surface area contributed by atoms with Gasteiger partial charge in [-0.3, -0.25) is 4.79 Å². The van der Waals surface area contributed by atoms with E-state index in [1.165, 1.54) is 0 Å². The number of para-hydroxylation sites is 1. The highest BCUT2D eigenvalue weighted by atomic mass is 16.3. The number of hydrogen-bond donors (Lipinski definition) is 1. The summed E-state index contributed by atoms with van der Waals surface area (Å²) >= 11 is 0. The Hall–Kier alpha value is -3.07. The van der Waals surface area contributed by atoms with Crippen molar-refractivity contribution >= 4 is 33.4 Å². The van der Waals surface area contributed by atoms with Crippen molar-refractivity contribution in [2.24, 2.45) is 0 Å². The van der Waals surface area contributed by atoms with Gasteiger partial charge in [0.2, 0.25) is 0 Å². The maximum absolute atomic E-state index is 12.6. The van der Waals surface area contributed by atoms with Crippen molar-refractivity contribution in [2.75, 3.05) is 5.73 Å². The summed E-state index contributed by atoms with van der Waals surface area (Å²) in [6.07, 6.45) is 0. The van der Waals surface area contributed by atoms with E-state index in [0.717, 1.165) is 21.9 Å². The highest BCUT2D eigenvalue weighted by molar-refractivity contribution is 6.13. The van der Waals surface area contributed by atoms with Gasteiger partial charge < -0.3 is 10.2 Å². The zero-order valence-corrected chi connectivity index (χ0v) is 11.7. The molecule has 3 nitrogen and oxygen atoms in total. The van der Waals surface area contributed by atoms with Crippen molar-refractivity contribution in [3.05, 3.63) is 77.9 Å². The summed E-state index contributed by atoms with van der Waals surface area (Å²) in [5, 5.41) is 2.07. The van der Waals surface area contributed by atoms with Gasteiger partial charge in [0.1, 0.15) is 11.2 Å². The number of benzene rings is 3. The van der Waals surface area contributed by atoms with Crippen LogP contribution in [0.5, 0.6) is 0 Å². The van der Waals surface area contributed by atoms with Crippen molar-refractivity contribution in [2.45, 2.75) is 0 Å². The molecule has 0 radical (unpaired) electrons. The number of nitrogens with two attached hydrogens (primary N) is 1. The van der Waals surface area contributed by atoms with Crippen LogP contribution in [0.1, 0.15) is 15.9 Å². The van der Waals surface area contributed by atoms with E-state index in [2.05, 4.69) is 0 Å². The Kier molecular flexibility index (Phi) is 2.73. The fourth-order valence-electron chi connectivity index (χ4n) is 2.71. The summed E-state index contributed by atoms with van der Waals surface area (Å²) < 4.78 is 5.83. The van der Waals surface area contributed by atoms with E-state index in [4.69, 9.17) is 10.2 Å². The second-order valence-corrected chi connectivity index (χ2v) is 5.26. The molecule has 0 unspecified atom stereocenters. The van der Waals surface area contributed by atoms with Gasteiger partial charge in [-0.2, -0.15) is 0 Å². The molecule has 22 heavy (non-hydrogen) atoms. The summed E-state index contributed by atoms with van der Waals surface area (Å²) in [5.41, 5.74) is 9.04. The zero-order valence-electron chi connectivity index (χ0n) is 11.7. The summed E-state index contributed by atoms with van der Waals surface area (Å²) in [6, 6.07) is 20.4. The van der Waals surface area contributed by atoms with Crippen LogP contribution in [-0.4, -0.2) is 5.78 Å². The minimum atomic E-state index is -0.0605. The second kappa shape index (κ2) is 4.74. The molecule has 0 fully saturated rings. The van der Waals surface area contributed by atoms with Crippen LogP contribution in [0, 0.1) is 0 Å². The third kappa shape index (κ3) is 1.95. The molecular weight excluding hydrogens is 274 g/mol. The van der Waals surface area contributed by atoms with Crippen molar-refractivity contribution < 1.29 is 9.21 Å². The first-order valence-corrected chi connectivity index (χ1v) is 7.04. The van der Waals surface area contributed by atoms with Gasteiger partial charge in [-0.05, 0) is 30.3 Å². The molecule has 0 bridgehead atoms. The topological polar surface area (TPSA) is 56.2 Å². The fourth-order valence-corrected chi connectivity index (χ4v) is 2.71. The van der Waals surface area contributed by atoms with E-state index in [1.54, 1.807) is 30.3 Å². The van der Waals surface area contributed by atoms with Crippen LogP contribution in [0.3, 0.4) is 0 Å². The summed E-state index contributed by atoms with van der Waals surface area (Å²) in [7, 11) is 0. The Morgan fingerprint density at radius 3 is 2.41 bits per heavy atom. The van der Waals surface area contributed by atoms with Crippen LogP contribution in [-0.2, 0) is 0 Å². The molecule has 1 heterocycles. The number of carbonyl (C=O) groups excluding carboxylic acids is 1. The largest absolute Gasteiger partial charge is 0.456 e. The first-order valence-electron chi connectivity index (χ1n) is 7.04. The number of anilines is 1. The van der Waals surface area contributed by atoms with Crippen molar-refractivity contribution in [3.8, 4) is 0 Å². The summed E-state index contributed by atoms with van der Waals surface area (Å²) in [5.74, 6) is -0.0605. The van der Waals surface area contributed by atoms with E-state index in [-0.39, 0.29) is 5.78 Å². The lowest BCUT2D eigenvalue weighted by molar-refractivity contribution is 0.103. The molecule has 106 valence electrons. The van der Waals surface area contributed by atoms with Crippen LogP contribution >= 0.6 is 0 Å². The lowest BCUT2D eigenvalue weighted by atomic mass is 10.0. The Labute approximate surface area is 127 Å².